The minimum atomic E-state index is -0.469. The van der Waals surface area contributed by atoms with Gasteiger partial charge in [0.1, 0.15) is 12.4 Å². The Balaban J connectivity index is 1.86. The van der Waals surface area contributed by atoms with Crippen LogP contribution in [0.15, 0.2) is 24.3 Å². The lowest BCUT2D eigenvalue weighted by Gasteiger charge is -2.09. The summed E-state index contributed by atoms with van der Waals surface area (Å²) in [6.45, 7) is 0.112. The molecule has 0 unspecified atom stereocenters. The normalized spacial score (nSPS) is 15.6. The van der Waals surface area contributed by atoms with Gasteiger partial charge in [-0.15, -0.1) is 0 Å². The van der Waals surface area contributed by atoms with Crippen LogP contribution in [0, 0.1) is 5.92 Å². The fraction of sp³-hybridized carbons (Fsp3) is 0.429. The van der Waals surface area contributed by atoms with Crippen LogP contribution in [-0.4, -0.2) is 18.3 Å². The van der Waals surface area contributed by atoms with E-state index in [0.29, 0.717) is 11.3 Å². The highest BCUT2D eigenvalue weighted by Crippen LogP contribution is 2.25. The average Bonchev–Trinajstić information content (AvgIpc) is 2.90. The van der Waals surface area contributed by atoms with Crippen LogP contribution < -0.4 is 10.5 Å². The summed E-state index contributed by atoms with van der Waals surface area (Å²) >= 11 is 0. The van der Waals surface area contributed by atoms with E-state index < -0.39 is 5.91 Å². The van der Waals surface area contributed by atoms with Crippen molar-refractivity contribution in [2.45, 2.75) is 25.7 Å². The molecule has 2 N–H and O–H groups in total. The molecule has 1 amide bonds. The van der Waals surface area contributed by atoms with Crippen molar-refractivity contribution < 1.29 is 14.3 Å². The average molecular weight is 247 g/mol. The van der Waals surface area contributed by atoms with Gasteiger partial charge in [0.15, 0.2) is 5.78 Å². The van der Waals surface area contributed by atoms with Crippen LogP contribution in [-0.2, 0) is 4.79 Å². The van der Waals surface area contributed by atoms with Crippen molar-refractivity contribution in [1.82, 2.24) is 0 Å². The third-order valence-electron chi connectivity index (χ3n) is 3.33. The van der Waals surface area contributed by atoms with Crippen LogP contribution >= 0.6 is 0 Å². The number of Topliss-reactive ketones (excluding diaryl/α,β-unsaturated/α-hetero) is 1. The van der Waals surface area contributed by atoms with Crippen molar-refractivity contribution in [3.63, 3.8) is 0 Å². The number of carbonyl (C=O) groups is 2. The Hall–Kier alpha value is -1.84. The van der Waals surface area contributed by atoms with E-state index in [1.54, 1.807) is 24.3 Å². The molecule has 0 spiro atoms. The van der Waals surface area contributed by atoms with Crippen molar-refractivity contribution >= 4 is 11.7 Å². The predicted molar refractivity (Wildman–Crippen MR) is 67.4 cm³/mol. The minimum Gasteiger partial charge on any atom is -0.486 e. The summed E-state index contributed by atoms with van der Waals surface area (Å²) in [5, 5.41) is 0. The molecule has 0 heterocycles. The van der Waals surface area contributed by atoms with E-state index in [4.69, 9.17) is 10.5 Å². The van der Waals surface area contributed by atoms with Gasteiger partial charge >= 0.3 is 0 Å². The van der Waals surface area contributed by atoms with E-state index in [9.17, 15) is 9.59 Å². The van der Waals surface area contributed by atoms with Crippen LogP contribution in [0.25, 0.3) is 0 Å². The van der Waals surface area contributed by atoms with Crippen molar-refractivity contribution in [3.8, 4) is 5.75 Å². The van der Waals surface area contributed by atoms with Gasteiger partial charge in [0.2, 0.25) is 5.91 Å². The van der Waals surface area contributed by atoms with E-state index in [2.05, 4.69) is 0 Å². The molecule has 96 valence electrons. The molecule has 0 saturated heterocycles. The van der Waals surface area contributed by atoms with Crippen LogP contribution in [0.3, 0.4) is 0 Å². The molecule has 0 atom stereocenters. The van der Waals surface area contributed by atoms with Crippen LogP contribution in [0.2, 0.25) is 0 Å². The Morgan fingerprint density at radius 1 is 1.17 bits per heavy atom. The van der Waals surface area contributed by atoms with Gasteiger partial charge in [-0.3, -0.25) is 9.59 Å². The Morgan fingerprint density at radius 2 is 1.78 bits per heavy atom. The zero-order valence-electron chi connectivity index (χ0n) is 10.2. The molecule has 2 rings (SSSR count). The zero-order chi connectivity index (χ0) is 13.0. The number of nitrogens with two attached hydrogens (primary N) is 1. The molecular weight excluding hydrogens is 230 g/mol. The van der Waals surface area contributed by atoms with Gasteiger partial charge in [-0.05, 0) is 37.1 Å². The van der Waals surface area contributed by atoms with Gasteiger partial charge in [-0.1, -0.05) is 12.8 Å². The zero-order valence-corrected chi connectivity index (χ0v) is 10.2. The van der Waals surface area contributed by atoms with Crippen LogP contribution in [0.5, 0.6) is 5.75 Å². The number of hydrogen-bond acceptors (Lipinski definition) is 3. The lowest BCUT2D eigenvalue weighted by molar-refractivity contribution is -0.124. The molecule has 4 heteroatoms. The fourth-order valence-corrected chi connectivity index (χ4v) is 2.24. The highest BCUT2D eigenvalue weighted by Gasteiger charge is 2.22. The third-order valence-corrected chi connectivity index (χ3v) is 3.33. The summed E-state index contributed by atoms with van der Waals surface area (Å²) in [6.07, 6.45) is 4.26. The highest BCUT2D eigenvalue weighted by atomic mass is 16.5. The molecule has 1 fully saturated rings. The number of carbonyl (C=O) groups excluding carboxylic acids is 2. The summed E-state index contributed by atoms with van der Waals surface area (Å²) < 4.78 is 5.41. The first-order valence-corrected chi connectivity index (χ1v) is 6.22. The first-order valence-electron chi connectivity index (χ1n) is 6.22. The molecule has 18 heavy (non-hydrogen) atoms. The molecule has 1 aliphatic carbocycles. The second kappa shape index (κ2) is 5.67. The largest absolute Gasteiger partial charge is 0.486 e. The number of amides is 1. The summed E-state index contributed by atoms with van der Waals surface area (Å²) in [4.78, 5) is 22.7. The van der Waals surface area contributed by atoms with Crippen molar-refractivity contribution in [2.24, 2.45) is 11.7 Å². The molecular formula is C14H17NO3. The van der Waals surface area contributed by atoms with Gasteiger partial charge in [-0.2, -0.15) is 0 Å². The lowest BCUT2D eigenvalue weighted by Crippen LogP contribution is -2.19. The van der Waals surface area contributed by atoms with E-state index >= 15 is 0 Å². The van der Waals surface area contributed by atoms with Crippen molar-refractivity contribution in [2.75, 3.05) is 6.61 Å². The number of ketones is 1. The fourth-order valence-electron chi connectivity index (χ4n) is 2.24. The van der Waals surface area contributed by atoms with Crippen molar-refractivity contribution in [3.05, 3.63) is 29.8 Å². The minimum absolute atomic E-state index is 0.112. The summed E-state index contributed by atoms with van der Waals surface area (Å²) in [5.41, 5.74) is 5.57. The molecule has 1 aromatic rings. The third kappa shape index (κ3) is 3.09. The molecule has 1 saturated carbocycles. The molecule has 1 aromatic carbocycles. The number of hydrogen-bond donors (Lipinski definition) is 1. The van der Waals surface area contributed by atoms with Crippen molar-refractivity contribution in [1.29, 1.82) is 0 Å². The Kier molecular flexibility index (Phi) is 3.97. The molecule has 0 aliphatic heterocycles. The molecule has 1 aliphatic rings. The Bertz CT molecular complexity index is 433. The summed E-state index contributed by atoms with van der Waals surface area (Å²) in [5.74, 6) is 0.469. The molecule has 0 radical (unpaired) electrons. The number of rotatable bonds is 5. The lowest BCUT2D eigenvalue weighted by atomic mass is 10.0. The molecule has 0 bridgehead atoms. The Labute approximate surface area is 106 Å². The Morgan fingerprint density at radius 3 is 2.33 bits per heavy atom. The molecule has 4 nitrogen and oxygen atoms in total. The molecule has 0 aromatic heterocycles. The number of benzene rings is 1. The summed E-state index contributed by atoms with van der Waals surface area (Å²) in [7, 11) is 0. The van der Waals surface area contributed by atoms with Gasteiger partial charge in [-0.25, -0.2) is 0 Å². The maximum absolute atomic E-state index is 11.8. The van der Waals surface area contributed by atoms with Crippen LogP contribution in [0.1, 0.15) is 36.0 Å². The maximum atomic E-state index is 11.8. The number of primary amides is 1. The second-order valence-electron chi connectivity index (χ2n) is 4.62. The topological polar surface area (TPSA) is 69.4 Å². The maximum Gasteiger partial charge on any atom is 0.248 e. The van der Waals surface area contributed by atoms with Gasteiger partial charge in [0, 0.05) is 11.5 Å². The highest BCUT2D eigenvalue weighted by molar-refractivity contribution is 5.92. The SMILES string of the molecule is NC(=O)c1ccc(OCC(=O)C2CCCC2)cc1. The van der Waals surface area contributed by atoms with Gasteiger partial charge in [0.05, 0.1) is 0 Å². The van der Waals surface area contributed by atoms with Gasteiger partial charge in [0.25, 0.3) is 0 Å². The van der Waals surface area contributed by atoms with E-state index in [1.165, 1.54) is 0 Å². The second-order valence-corrected chi connectivity index (χ2v) is 4.62. The monoisotopic (exact) mass is 247 g/mol. The van der Waals surface area contributed by atoms with E-state index in [0.717, 1.165) is 25.7 Å². The number of ether oxygens (including phenoxy) is 1. The van der Waals surface area contributed by atoms with E-state index in [-0.39, 0.29) is 18.3 Å². The summed E-state index contributed by atoms with van der Waals surface area (Å²) in [6, 6.07) is 6.50. The van der Waals surface area contributed by atoms with Gasteiger partial charge < -0.3 is 10.5 Å². The predicted octanol–water partition coefficient (Wildman–Crippen LogP) is 1.92. The standard InChI is InChI=1S/C14H17NO3/c15-14(17)11-5-7-12(8-6-11)18-9-13(16)10-3-1-2-4-10/h5-8,10H,1-4,9H2,(H2,15,17). The van der Waals surface area contributed by atoms with Crippen LogP contribution in [0.4, 0.5) is 0 Å². The quantitative estimate of drug-likeness (QED) is 0.864. The smallest absolute Gasteiger partial charge is 0.248 e. The first kappa shape index (κ1) is 12.6. The van der Waals surface area contributed by atoms with E-state index in [1.807, 2.05) is 0 Å². The first-order chi connectivity index (χ1) is 8.66.